The van der Waals surface area contributed by atoms with Crippen molar-refractivity contribution in [2.75, 3.05) is 0 Å². The molecule has 0 amide bonds. The summed E-state index contributed by atoms with van der Waals surface area (Å²) in [6.07, 6.45) is -4.35. The molecule has 2 aromatic rings. The zero-order valence-electron chi connectivity index (χ0n) is 10.3. The van der Waals surface area contributed by atoms with E-state index in [1.165, 1.54) is 12.1 Å². The van der Waals surface area contributed by atoms with Crippen LogP contribution in [0.2, 0.25) is 5.02 Å². The molecule has 2 rings (SSSR count). The van der Waals surface area contributed by atoms with E-state index in [1.54, 1.807) is 24.3 Å². The molecule has 0 saturated heterocycles. The highest BCUT2D eigenvalue weighted by atomic mass is 35.5. The zero-order chi connectivity index (χ0) is 14.8. The number of hydrazine groups is 1. The molecule has 1 atom stereocenters. The number of alkyl halides is 3. The van der Waals surface area contributed by atoms with Crippen molar-refractivity contribution in [1.29, 1.82) is 0 Å². The Hall–Kier alpha value is -1.56. The summed E-state index contributed by atoms with van der Waals surface area (Å²) in [6, 6.07) is 11.4. The average molecular weight is 301 g/mol. The van der Waals surface area contributed by atoms with Crippen LogP contribution in [-0.2, 0) is 6.18 Å². The third kappa shape index (κ3) is 3.12. The van der Waals surface area contributed by atoms with Gasteiger partial charge in [0, 0.05) is 5.02 Å². The molecule has 0 saturated carbocycles. The maximum atomic E-state index is 12.5. The van der Waals surface area contributed by atoms with Gasteiger partial charge in [0.05, 0.1) is 11.6 Å². The van der Waals surface area contributed by atoms with Gasteiger partial charge in [0.1, 0.15) is 0 Å². The van der Waals surface area contributed by atoms with Gasteiger partial charge in [0.25, 0.3) is 0 Å². The molecule has 3 N–H and O–H groups in total. The van der Waals surface area contributed by atoms with Gasteiger partial charge in [-0.15, -0.1) is 0 Å². The third-order valence-corrected chi connectivity index (χ3v) is 3.30. The predicted octanol–water partition coefficient (Wildman–Crippen LogP) is 3.91. The van der Waals surface area contributed by atoms with Gasteiger partial charge in [-0.25, -0.2) is 5.43 Å². The summed E-state index contributed by atoms with van der Waals surface area (Å²) in [5.41, 5.74) is 3.18. The smallest absolute Gasteiger partial charge is 0.271 e. The summed E-state index contributed by atoms with van der Waals surface area (Å²) in [5, 5.41) is 0.496. The molecule has 2 nitrogen and oxygen atoms in total. The first-order chi connectivity index (χ1) is 9.43. The van der Waals surface area contributed by atoms with Gasteiger partial charge in [-0.3, -0.25) is 5.84 Å². The number of nitrogens with two attached hydrogens (primary N) is 1. The first-order valence-corrected chi connectivity index (χ1v) is 6.19. The summed E-state index contributed by atoms with van der Waals surface area (Å²) in [6.45, 7) is 0. The number of benzene rings is 2. The number of rotatable bonds is 3. The molecule has 106 valence electrons. The van der Waals surface area contributed by atoms with Crippen LogP contribution in [0.1, 0.15) is 22.7 Å². The molecular formula is C14H12ClF3N2. The molecule has 20 heavy (non-hydrogen) atoms. The monoisotopic (exact) mass is 300 g/mol. The van der Waals surface area contributed by atoms with Crippen LogP contribution in [0.15, 0.2) is 48.5 Å². The van der Waals surface area contributed by atoms with Crippen LogP contribution in [0.4, 0.5) is 13.2 Å². The molecule has 0 aromatic heterocycles. The highest BCUT2D eigenvalue weighted by Crippen LogP contribution is 2.32. The van der Waals surface area contributed by atoms with Crippen molar-refractivity contribution >= 4 is 11.6 Å². The summed E-state index contributed by atoms with van der Waals surface area (Å²) in [4.78, 5) is 0. The molecule has 2 aromatic carbocycles. The molecule has 1 unspecified atom stereocenters. The van der Waals surface area contributed by atoms with Crippen LogP contribution in [0, 0.1) is 0 Å². The van der Waals surface area contributed by atoms with Crippen LogP contribution in [-0.4, -0.2) is 0 Å². The minimum atomic E-state index is -4.35. The van der Waals surface area contributed by atoms with Gasteiger partial charge in [0.2, 0.25) is 0 Å². The van der Waals surface area contributed by atoms with Gasteiger partial charge < -0.3 is 0 Å². The summed E-state index contributed by atoms with van der Waals surface area (Å²) in [5.74, 6) is 5.50. The summed E-state index contributed by atoms with van der Waals surface area (Å²) in [7, 11) is 0. The lowest BCUT2D eigenvalue weighted by atomic mass is 9.98. The fourth-order valence-electron chi connectivity index (χ4n) is 1.94. The highest BCUT2D eigenvalue weighted by molar-refractivity contribution is 6.31. The van der Waals surface area contributed by atoms with Crippen molar-refractivity contribution in [3.63, 3.8) is 0 Å². The molecule has 0 fully saturated rings. The van der Waals surface area contributed by atoms with Crippen LogP contribution < -0.4 is 11.3 Å². The molecule has 0 aliphatic rings. The molecule has 0 spiro atoms. The normalized spacial score (nSPS) is 13.2. The lowest BCUT2D eigenvalue weighted by Gasteiger charge is -2.18. The standard InChI is InChI=1S/C14H12ClF3N2/c15-12-4-2-1-3-11(12)13(20-19)9-5-7-10(8-6-9)14(16,17)18/h1-8,13,20H,19H2. The predicted molar refractivity (Wildman–Crippen MR) is 72.1 cm³/mol. The Bertz CT molecular complexity index is 582. The highest BCUT2D eigenvalue weighted by Gasteiger charge is 2.30. The zero-order valence-corrected chi connectivity index (χ0v) is 11.0. The fraction of sp³-hybridized carbons (Fsp3) is 0.143. The molecule has 6 heteroatoms. The van der Waals surface area contributed by atoms with Crippen LogP contribution in [0.3, 0.4) is 0 Å². The van der Waals surface area contributed by atoms with Crippen molar-refractivity contribution in [3.05, 3.63) is 70.2 Å². The second kappa shape index (κ2) is 5.83. The van der Waals surface area contributed by atoms with Gasteiger partial charge in [-0.2, -0.15) is 13.2 Å². The maximum Gasteiger partial charge on any atom is 0.416 e. The Morgan fingerprint density at radius 2 is 1.60 bits per heavy atom. The van der Waals surface area contributed by atoms with Gasteiger partial charge in [-0.05, 0) is 29.3 Å². The SMILES string of the molecule is NNC(c1ccc(C(F)(F)F)cc1)c1ccccc1Cl. The lowest BCUT2D eigenvalue weighted by Crippen LogP contribution is -2.29. The minimum absolute atomic E-state index is 0.467. The second-order valence-electron chi connectivity index (χ2n) is 4.24. The van der Waals surface area contributed by atoms with E-state index in [0.717, 1.165) is 12.1 Å². The minimum Gasteiger partial charge on any atom is -0.271 e. The van der Waals surface area contributed by atoms with E-state index in [1.807, 2.05) is 0 Å². The van der Waals surface area contributed by atoms with Crippen molar-refractivity contribution in [2.24, 2.45) is 5.84 Å². The van der Waals surface area contributed by atoms with Gasteiger partial charge in [0.15, 0.2) is 0 Å². The number of halogens is 4. The number of hydrogen-bond donors (Lipinski definition) is 2. The van der Waals surface area contributed by atoms with Gasteiger partial charge >= 0.3 is 6.18 Å². The summed E-state index contributed by atoms with van der Waals surface area (Å²) < 4.78 is 37.6. The molecule has 0 aliphatic heterocycles. The molecule has 0 heterocycles. The van der Waals surface area contributed by atoms with Crippen molar-refractivity contribution < 1.29 is 13.2 Å². The van der Waals surface area contributed by atoms with E-state index in [-0.39, 0.29) is 0 Å². The molecule has 0 aliphatic carbocycles. The first kappa shape index (κ1) is 14.8. The molecule has 0 radical (unpaired) electrons. The first-order valence-electron chi connectivity index (χ1n) is 5.81. The quantitative estimate of drug-likeness (QED) is 0.666. The molecular weight excluding hydrogens is 289 g/mol. The van der Waals surface area contributed by atoms with Crippen LogP contribution >= 0.6 is 11.6 Å². The van der Waals surface area contributed by atoms with E-state index in [4.69, 9.17) is 17.4 Å². The average Bonchev–Trinajstić information content (AvgIpc) is 2.41. The van der Waals surface area contributed by atoms with E-state index in [2.05, 4.69) is 5.43 Å². The Labute approximate surface area is 119 Å². The maximum absolute atomic E-state index is 12.5. The van der Waals surface area contributed by atoms with E-state index < -0.39 is 17.8 Å². The van der Waals surface area contributed by atoms with Crippen molar-refractivity contribution in [2.45, 2.75) is 12.2 Å². The number of nitrogens with one attached hydrogen (secondary N) is 1. The van der Waals surface area contributed by atoms with Crippen molar-refractivity contribution in [3.8, 4) is 0 Å². The topological polar surface area (TPSA) is 38.0 Å². The lowest BCUT2D eigenvalue weighted by molar-refractivity contribution is -0.137. The van der Waals surface area contributed by atoms with Crippen molar-refractivity contribution in [1.82, 2.24) is 5.43 Å². The Morgan fingerprint density at radius 3 is 2.10 bits per heavy atom. The number of hydrogen-bond acceptors (Lipinski definition) is 2. The summed E-state index contributed by atoms with van der Waals surface area (Å²) >= 11 is 6.08. The Kier molecular flexibility index (Phi) is 4.32. The Morgan fingerprint density at radius 1 is 1.00 bits per heavy atom. The second-order valence-corrected chi connectivity index (χ2v) is 4.65. The van der Waals surface area contributed by atoms with E-state index in [9.17, 15) is 13.2 Å². The fourth-order valence-corrected chi connectivity index (χ4v) is 2.18. The van der Waals surface area contributed by atoms with Crippen LogP contribution in [0.5, 0.6) is 0 Å². The van der Waals surface area contributed by atoms with Gasteiger partial charge in [-0.1, -0.05) is 41.9 Å². The van der Waals surface area contributed by atoms with E-state index in [0.29, 0.717) is 16.1 Å². The molecule has 0 bridgehead atoms. The third-order valence-electron chi connectivity index (χ3n) is 2.95. The Balaban J connectivity index is 2.36. The van der Waals surface area contributed by atoms with E-state index >= 15 is 0 Å². The van der Waals surface area contributed by atoms with Crippen LogP contribution in [0.25, 0.3) is 0 Å². The largest absolute Gasteiger partial charge is 0.416 e.